The first-order valence-electron chi connectivity index (χ1n) is 11.0. The van der Waals surface area contributed by atoms with E-state index in [4.69, 9.17) is 4.74 Å². The Bertz CT molecular complexity index is 1040. The van der Waals surface area contributed by atoms with Gasteiger partial charge in [-0.25, -0.2) is 4.98 Å². The molecule has 0 bridgehead atoms. The first-order valence-corrected chi connectivity index (χ1v) is 11.0. The minimum Gasteiger partial charge on any atom is -0.372 e. The van der Waals surface area contributed by atoms with Crippen LogP contribution in [0.25, 0.3) is 0 Å². The summed E-state index contributed by atoms with van der Waals surface area (Å²) in [7, 11) is 1.67. The van der Waals surface area contributed by atoms with Gasteiger partial charge in [0.15, 0.2) is 0 Å². The van der Waals surface area contributed by atoms with Crippen LogP contribution in [0.15, 0.2) is 66.8 Å². The predicted octanol–water partition coefficient (Wildman–Crippen LogP) is 2.94. The van der Waals surface area contributed by atoms with Crippen LogP contribution in [0, 0.1) is 6.92 Å². The van der Waals surface area contributed by atoms with Gasteiger partial charge in [-0.05, 0) is 44.4 Å². The van der Waals surface area contributed by atoms with Crippen molar-refractivity contribution in [1.29, 1.82) is 0 Å². The molecule has 3 unspecified atom stereocenters. The van der Waals surface area contributed by atoms with Crippen molar-refractivity contribution in [1.82, 2.24) is 19.8 Å². The van der Waals surface area contributed by atoms with Crippen LogP contribution in [0.3, 0.4) is 0 Å². The molecule has 0 saturated carbocycles. The standard InChI is InChI=1S/C25H30N4O3/c1-18-16-28(17-26-18)22-11-10-20(15-25(22,2)32-3)29-14-13-21(24(29)31)27-23(30)12-9-19-7-5-4-6-8-19/h4-8,10-11,15-17,21-22H,9,12-14H2,1-3H3,(H,27,30). The number of carbonyl (C=O) groups is 2. The highest BCUT2D eigenvalue weighted by atomic mass is 16.5. The predicted molar refractivity (Wildman–Crippen MR) is 122 cm³/mol. The molecular weight excluding hydrogens is 404 g/mol. The van der Waals surface area contributed by atoms with Crippen molar-refractivity contribution >= 4 is 11.8 Å². The van der Waals surface area contributed by atoms with E-state index in [0.717, 1.165) is 17.0 Å². The number of hydrogen-bond acceptors (Lipinski definition) is 4. The molecule has 168 valence electrons. The zero-order valence-corrected chi connectivity index (χ0v) is 18.8. The van der Waals surface area contributed by atoms with E-state index in [1.807, 2.05) is 73.2 Å². The molecule has 0 radical (unpaired) electrons. The zero-order chi connectivity index (χ0) is 22.7. The summed E-state index contributed by atoms with van der Waals surface area (Å²) in [6.07, 6.45) is 11.4. The average Bonchev–Trinajstić information content (AvgIpc) is 3.38. The van der Waals surface area contributed by atoms with Gasteiger partial charge < -0.3 is 19.5 Å². The maximum atomic E-state index is 13.0. The third-order valence-corrected chi connectivity index (χ3v) is 6.30. The SMILES string of the molecule is COC1(C)C=C(N2CCC(NC(=O)CCc3ccccc3)C2=O)C=CC1n1cnc(C)c1. The molecular formula is C25H30N4O3. The van der Waals surface area contributed by atoms with E-state index in [2.05, 4.69) is 10.3 Å². The number of imidazole rings is 1. The molecule has 1 saturated heterocycles. The average molecular weight is 435 g/mol. The lowest BCUT2D eigenvalue weighted by Crippen LogP contribution is -2.43. The van der Waals surface area contributed by atoms with E-state index in [1.54, 1.807) is 18.3 Å². The van der Waals surface area contributed by atoms with Crippen LogP contribution >= 0.6 is 0 Å². The van der Waals surface area contributed by atoms with Gasteiger partial charge in [0.2, 0.25) is 11.8 Å². The topological polar surface area (TPSA) is 76.5 Å². The van der Waals surface area contributed by atoms with Crippen LogP contribution in [0.2, 0.25) is 0 Å². The van der Waals surface area contributed by atoms with Crippen LogP contribution in [0.5, 0.6) is 0 Å². The molecule has 2 aliphatic rings. The molecule has 1 aromatic heterocycles. The zero-order valence-electron chi connectivity index (χ0n) is 18.8. The van der Waals surface area contributed by atoms with Gasteiger partial charge in [0, 0.05) is 32.0 Å². The molecule has 2 heterocycles. The summed E-state index contributed by atoms with van der Waals surface area (Å²) >= 11 is 0. The van der Waals surface area contributed by atoms with E-state index in [9.17, 15) is 9.59 Å². The second-order valence-corrected chi connectivity index (χ2v) is 8.61. The Kier molecular flexibility index (Phi) is 6.28. The highest BCUT2D eigenvalue weighted by Crippen LogP contribution is 2.36. The number of amides is 2. The van der Waals surface area contributed by atoms with Gasteiger partial charge in [0.25, 0.3) is 0 Å². The molecule has 2 amide bonds. The lowest BCUT2D eigenvalue weighted by atomic mass is 9.89. The fourth-order valence-electron chi connectivity index (χ4n) is 4.38. The third-order valence-electron chi connectivity index (χ3n) is 6.30. The Morgan fingerprint density at radius 2 is 2.09 bits per heavy atom. The smallest absolute Gasteiger partial charge is 0.249 e. The van der Waals surface area contributed by atoms with Crippen molar-refractivity contribution in [3.05, 3.63) is 78.0 Å². The van der Waals surface area contributed by atoms with Crippen LogP contribution in [0.4, 0.5) is 0 Å². The van der Waals surface area contributed by atoms with Crippen LogP contribution in [-0.2, 0) is 20.7 Å². The number of nitrogens with zero attached hydrogens (tertiary/aromatic N) is 3. The van der Waals surface area contributed by atoms with Crippen molar-refractivity contribution in [3.8, 4) is 0 Å². The molecule has 7 nitrogen and oxygen atoms in total. The minimum atomic E-state index is -0.630. The summed E-state index contributed by atoms with van der Waals surface area (Å²) in [5.41, 5.74) is 2.22. The summed E-state index contributed by atoms with van der Waals surface area (Å²) in [5, 5.41) is 2.91. The number of rotatable bonds is 7. The summed E-state index contributed by atoms with van der Waals surface area (Å²) in [4.78, 5) is 31.5. The van der Waals surface area contributed by atoms with Gasteiger partial charge in [0.1, 0.15) is 11.6 Å². The number of aromatic nitrogens is 2. The second-order valence-electron chi connectivity index (χ2n) is 8.61. The Hall–Kier alpha value is -3.19. The van der Waals surface area contributed by atoms with E-state index in [1.165, 1.54) is 0 Å². The molecule has 1 N–H and O–H groups in total. The van der Waals surface area contributed by atoms with E-state index in [-0.39, 0.29) is 17.9 Å². The molecule has 32 heavy (non-hydrogen) atoms. The summed E-state index contributed by atoms with van der Waals surface area (Å²) in [6.45, 7) is 4.51. The fourth-order valence-corrected chi connectivity index (χ4v) is 4.38. The van der Waals surface area contributed by atoms with Gasteiger partial charge in [-0.1, -0.05) is 36.4 Å². The van der Waals surface area contributed by atoms with Crippen LogP contribution in [-0.4, -0.2) is 51.6 Å². The number of likely N-dealkylation sites (tertiary alicyclic amines) is 1. The molecule has 1 fully saturated rings. The molecule has 4 rings (SSSR count). The molecule has 7 heteroatoms. The Balaban J connectivity index is 1.40. The number of aryl methyl sites for hydroxylation is 2. The fraction of sp³-hybridized carbons (Fsp3) is 0.400. The number of allylic oxidation sites excluding steroid dienone is 1. The number of methoxy groups -OCH3 is 1. The van der Waals surface area contributed by atoms with Gasteiger partial charge in [-0.2, -0.15) is 0 Å². The van der Waals surface area contributed by atoms with E-state index >= 15 is 0 Å². The lowest BCUT2D eigenvalue weighted by Gasteiger charge is -2.37. The Morgan fingerprint density at radius 3 is 2.78 bits per heavy atom. The second kappa shape index (κ2) is 9.12. The van der Waals surface area contributed by atoms with Crippen molar-refractivity contribution in [3.63, 3.8) is 0 Å². The largest absolute Gasteiger partial charge is 0.372 e. The van der Waals surface area contributed by atoms with Crippen molar-refractivity contribution in [2.45, 2.75) is 50.8 Å². The number of hydrogen-bond donors (Lipinski definition) is 1. The van der Waals surface area contributed by atoms with E-state index in [0.29, 0.717) is 25.8 Å². The van der Waals surface area contributed by atoms with Crippen LogP contribution in [0.1, 0.15) is 37.1 Å². The number of nitrogens with one attached hydrogen (secondary N) is 1. The number of benzene rings is 1. The quantitative estimate of drug-likeness (QED) is 0.727. The number of ether oxygens (including phenoxy) is 1. The Morgan fingerprint density at radius 1 is 1.31 bits per heavy atom. The van der Waals surface area contributed by atoms with Gasteiger partial charge >= 0.3 is 0 Å². The van der Waals surface area contributed by atoms with Crippen molar-refractivity contribution in [2.75, 3.05) is 13.7 Å². The highest BCUT2D eigenvalue weighted by Gasteiger charge is 2.39. The van der Waals surface area contributed by atoms with Gasteiger partial charge in [0.05, 0.1) is 18.1 Å². The molecule has 1 aliphatic heterocycles. The normalized spacial score (nSPS) is 25.2. The summed E-state index contributed by atoms with van der Waals surface area (Å²) < 4.78 is 7.88. The van der Waals surface area contributed by atoms with Gasteiger partial charge in [-0.15, -0.1) is 0 Å². The monoisotopic (exact) mass is 434 g/mol. The molecule has 0 spiro atoms. The maximum absolute atomic E-state index is 13.0. The molecule has 1 aromatic carbocycles. The van der Waals surface area contributed by atoms with Crippen molar-refractivity contribution in [2.24, 2.45) is 0 Å². The van der Waals surface area contributed by atoms with Crippen molar-refractivity contribution < 1.29 is 14.3 Å². The summed E-state index contributed by atoms with van der Waals surface area (Å²) in [6, 6.07) is 9.33. The first-order chi connectivity index (χ1) is 15.4. The number of carbonyl (C=O) groups excluding carboxylic acids is 2. The first kappa shape index (κ1) is 22.0. The highest BCUT2D eigenvalue weighted by molar-refractivity contribution is 5.90. The molecule has 2 aromatic rings. The van der Waals surface area contributed by atoms with E-state index < -0.39 is 11.6 Å². The molecule has 1 aliphatic carbocycles. The maximum Gasteiger partial charge on any atom is 0.249 e. The lowest BCUT2D eigenvalue weighted by molar-refractivity contribution is -0.131. The third kappa shape index (κ3) is 4.53. The van der Waals surface area contributed by atoms with Crippen LogP contribution < -0.4 is 5.32 Å². The molecule has 3 atom stereocenters. The summed E-state index contributed by atoms with van der Waals surface area (Å²) in [5.74, 6) is -0.177. The Labute approximate surface area is 188 Å². The minimum absolute atomic E-state index is 0.0661. The van der Waals surface area contributed by atoms with Gasteiger partial charge in [-0.3, -0.25) is 9.59 Å².